The van der Waals surface area contributed by atoms with Crippen LogP contribution < -0.4 is 5.32 Å². The molecule has 1 aromatic rings. The van der Waals surface area contributed by atoms with Crippen molar-refractivity contribution in [2.45, 2.75) is 6.92 Å². The maximum atomic E-state index is 12.9. The van der Waals surface area contributed by atoms with Crippen LogP contribution >= 0.6 is 0 Å². The summed E-state index contributed by atoms with van der Waals surface area (Å²) in [5.41, 5.74) is -0.172. The predicted octanol–water partition coefficient (Wildman–Crippen LogP) is 1.61. The van der Waals surface area contributed by atoms with Crippen molar-refractivity contribution in [1.29, 1.82) is 0 Å². The first-order valence-corrected chi connectivity index (χ1v) is 5.16. The maximum absolute atomic E-state index is 12.9. The molecule has 0 saturated carbocycles. The fourth-order valence-electron chi connectivity index (χ4n) is 1.36. The molecule has 94 valence electrons. The van der Waals surface area contributed by atoms with E-state index in [-0.39, 0.29) is 17.3 Å². The lowest BCUT2D eigenvalue weighted by Gasteiger charge is -2.13. The minimum absolute atomic E-state index is 0.168. The van der Waals surface area contributed by atoms with Crippen LogP contribution in [0.15, 0.2) is 12.3 Å². The molecule has 1 aromatic heterocycles. The van der Waals surface area contributed by atoms with Gasteiger partial charge in [0.1, 0.15) is 17.2 Å². The highest BCUT2D eigenvalue weighted by Gasteiger charge is 2.13. The molecule has 0 aliphatic rings. The Balaban J connectivity index is 2.73. The van der Waals surface area contributed by atoms with Gasteiger partial charge >= 0.3 is 5.97 Å². The zero-order chi connectivity index (χ0) is 12.8. The molecule has 2 N–H and O–H groups in total. The molecule has 0 amide bonds. The number of nitrogens with zero attached hydrogens (tertiary/aromatic N) is 1. The Kier molecular flexibility index (Phi) is 4.84. The van der Waals surface area contributed by atoms with Crippen LogP contribution in [0.5, 0.6) is 0 Å². The lowest BCUT2D eigenvalue weighted by molar-refractivity contribution is 0.0697. The number of methoxy groups -OCH3 is 1. The van der Waals surface area contributed by atoms with Gasteiger partial charge in [0.2, 0.25) is 0 Å². The average Bonchev–Trinajstić information content (AvgIpc) is 2.27. The fraction of sp³-hybridized carbons (Fsp3) is 0.455. The first-order chi connectivity index (χ1) is 8.04. The molecule has 5 nitrogen and oxygen atoms in total. The number of carbonyl (C=O) groups is 1. The van der Waals surface area contributed by atoms with Gasteiger partial charge in [0.15, 0.2) is 0 Å². The molecule has 0 aliphatic heterocycles. The van der Waals surface area contributed by atoms with Crippen LogP contribution in [0, 0.1) is 11.7 Å². The molecule has 0 radical (unpaired) electrons. The van der Waals surface area contributed by atoms with Crippen LogP contribution in [0.25, 0.3) is 0 Å². The highest BCUT2D eigenvalue weighted by molar-refractivity contribution is 5.93. The Morgan fingerprint density at radius 3 is 3.00 bits per heavy atom. The topological polar surface area (TPSA) is 71.5 Å². The van der Waals surface area contributed by atoms with Crippen LogP contribution in [0.2, 0.25) is 0 Å². The number of aromatic carboxylic acids is 1. The Hall–Kier alpha value is -1.69. The third-order valence-electron chi connectivity index (χ3n) is 2.15. The quantitative estimate of drug-likeness (QED) is 0.793. The lowest BCUT2D eigenvalue weighted by Crippen LogP contribution is -2.18. The molecule has 0 spiro atoms. The van der Waals surface area contributed by atoms with E-state index in [9.17, 15) is 9.18 Å². The van der Waals surface area contributed by atoms with Crippen LogP contribution in [-0.4, -0.2) is 36.3 Å². The van der Waals surface area contributed by atoms with Crippen molar-refractivity contribution < 1.29 is 19.0 Å². The average molecular weight is 242 g/mol. The van der Waals surface area contributed by atoms with E-state index in [0.29, 0.717) is 13.2 Å². The van der Waals surface area contributed by atoms with Gasteiger partial charge in [-0.05, 0) is 12.0 Å². The number of halogens is 1. The highest BCUT2D eigenvalue weighted by Crippen LogP contribution is 2.14. The minimum Gasteiger partial charge on any atom is -0.478 e. The van der Waals surface area contributed by atoms with Crippen molar-refractivity contribution in [1.82, 2.24) is 4.98 Å². The van der Waals surface area contributed by atoms with E-state index in [0.717, 1.165) is 12.3 Å². The Bertz CT molecular complexity index is 398. The fourth-order valence-corrected chi connectivity index (χ4v) is 1.36. The summed E-state index contributed by atoms with van der Waals surface area (Å²) >= 11 is 0. The minimum atomic E-state index is -1.21. The summed E-state index contributed by atoms with van der Waals surface area (Å²) in [6.07, 6.45) is 0.982. The molecule has 1 rings (SSSR count). The van der Waals surface area contributed by atoms with Crippen LogP contribution in [0.4, 0.5) is 10.2 Å². The second kappa shape index (κ2) is 6.15. The molecule has 0 aliphatic carbocycles. The standard InChI is InChI=1S/C11H15FN2O3/c1-7(6-17-2)4-13-10-9(11(15)16)3-8(12)5-14-10/h3,5,7H,4,6H2,1-2H3,(H,13,14)(H,15,16). The van der Waals surface area contributed by atoms with Gasteiger partial charge in [0.25, 0.3) is 0 Å². The summed E-state index contributed by atoms with van der Waals surface area (Å²) in [5, 5.41) is 11.8. The van der Waals surface area contributed by atoms with Crippen molar-refractivity contribution in [3.63, 3.8) is 0 Å². The van der Waals surface area contributed by atoms with Gasteiger partial charge in [-0.2, -0.15) is 0 Å². The van der Waals surface area contributed by atoms with Gasteiger partial charge in [-0.25, -0.2) is 14.2 Å². The number of pyridine rings is 1. The summed E-state index contributed by atoms with van der Waals surface area (Å²) in [6.45, 7) is 3.00. The Morgan fingerprint density at radius 1 is 1.71 bits per heavy atom. The summed E-state index contributed by atoms with van der Waals surface area (Å²) in [4.78, 5) is 14.6. The molecule has 17 heavy (non-hydrogen) atoms. The molecular weight excluding hydrogens is 227 g/mol. The molecule has 1 unspecified atom stereocenters. The van der Waals surface area contributed by atoms with E-state index in [2.05, 4.69) is 10.3 Å². The van der Waals surface area contributed by atoms with E-state index in [4.69, 9.17) is 9.84 Å². The third kappa shape index (κ3) is 3.99. The number of hydrogen-bond acceptors (Lipinski definition) is 4. The largest absolute Gasteiger partial charge is 0.478 e. The lowest BCUT2D eigenvalue weighted by atomic mass is 10.2. The monoisotopic (exact) mass is 242 g/mol. The molecule has 0 fully saturated rings. The highest BCUT2D eigenvalue weighted by atomic mass is 19.1. The Labute approximate surface area is 98.6 Å². The van der Waals surface area contributed by atoms with Crippen molar-refractivity contribution in [2.24, 2.45) is 5.92 Å². The van der Waals surface area contributed by atoms with Gasteiger partial charge in [0, 0.05) is 13.7 Å². The molecule has 0 saturated heterocycles. The van der Waals surface area contributed by atoms with Crippen molar-refractivity contribution in [2.75, 3.05) is 25.6 Å². The van der Waals surface area contributed by atoms with E-state index < -0.39 is 11.8 Å². The molecule has 0 aromatic carbocycles. The van der Waals surface area contributed by atoms with E-state index >= 15 is 0 Å². The maximum Gasteiger partial charge on any atom is 0.339 e. The zero-order valence-corrected chi connectivity index (χ0v) is 9.74. The van der Waals surface area contributed by atoms with Crippen molar-refractivity contribution >= 4 is 11.8 Å². The number of anilines is 1. The molecule has 1 heterocycles. The third-order valence-corrected chi connectivity index (χ3v) is 2.15. The second-order valence-corrected chi connectivity index (χ2v) is 3.80. The normalized spacial score (nSPS) is 12.2. The molecule has 0 bridgehead atoms. The van der Waals surface area contributed by atoms with E-state index in [1.165, 1.54) is 0 Å². The predicted molar refractivity (Wildman–Crippen MR) is 60.7 cm³/mol. The number of nitrogens with one attached hydrogen (secondary N) is 1. The SMILES string of the molecule is COCC(C)CNc1ncc(F)cc1C(=O)O. The summed E-state index contributed by atoms with van der Waals surface area (Å²) < 4.78 is 17.8. The summed E-state index contributed by atoms with van der Waals surface area (Å²) in [6, 6.07) is 0.943. The smallest absolute Gasteiger partial charge is 0.339 e. The van der Waals surface area contributed by atoms with Crippen molar-refractivity contribution in [3.05, 3.63) is 23.6 Å². The molecule has 1 atom stereocenters. The number of rotatable bonds is 6. The number of ether oxygens (including phenoxy) is 1. The first-order valence-electron chi connectivity index (χ1n) is 5.16. The first kappa shape index (κ1) is 13.4. The summed E-state index contributed by atoms with van der Waals surface area (Å²) in [7, 11) is 1.59. The number of hydrogen-bond donors (Lipinski definition) is 2. The van der Waals surface area contributed by atoms with Crippen LogP contribution in [0.1, 0.15) is 17.3 Å². The van der Waals surface area contributed by atoms with Gasteiger partial charge in [0.05, 0.1) is 12.8 Å². The number of aromatic nitrogens is 1. The van der Waals surface area contributed by atoms with E-state index in [1.54, 1.807) is 7.11 Å². The Morgan fingerprint density at radius 2 is 2.41 bits per heavy atom. The number of carboxylic acids is 1. The van der Waals surface area contributed by atoms with Gasteiger partial charge in [-0.1, -0.05) is 6.92 Å². The van der Waals surface area contributed by atoms with Crippen LogP contribution in [0.3, 0.4) is 0 Å². The zero-order valence-electron chi connectivity index (χ0n) is 9.74. The van der Waals surface area contributed by atoms with Gasteiger partial charge in [-0.15, -0.1) is 0 Å². The summed E-state index contributed by atoms with van der Waals surface area (Å²) in [5.74, 6) is -1.51. The molecule has 6 heteroatoms. The number of carboxylic acid groups (broad SMARTS) is 1. The molecular formula is C11H15FN2O3. The van der Waals surface area contributed by atoms with Crippen molar-refractivity contribution in [3.8, 4) is 0 Å². The van der Waals surface area contributed by atoms with E-state index in [1.807, 2.05) is 6.92 Å². The van der Waals surface area contributed by atoms with Gasteiger partial charge < -0.3 is 15.2 Å². The van der Waals surface area contributed by atoms with Gasteiger partial charge in [-0.3, -0.25) is 0 Å². The van der Waals surface area contributed by atoms with Crippen LogP contribution in [-0.2, 0) is 4.74 Å². The second-order valence-electron chi connectivity index (χ2n) is 3.80.